The summed E-state index contributed by atoms with van der Waals surface area (Å²) in [6.07, 6.45) is 1.41. The maximum atomic E-state index is 7.64. The number of piperazine rings is 1. The van der Waals surface area contributed by atoms with Gasteiger partial charge in [0.25, 0.3) is 0 Å². The standard InChI is InChI=1S/C10H14N2.C2H4N4/c1-2-4-9(5-3-1)10-8-11-6-7-12-10;3-1-6-2(4)5/h1-5,10-12H,6-8H2;(H4,4,5,6). The molecule has 6 N–H and O–H groups in total. The zero-order valence-electron chi connectivity index (χ0n) is 10.1. The van der Waals surface area contributed by atoms with Crippen molar-refractivity contribution in [1.82, 2.24) is 10.6 Å². The van der Waals surface area contributed by atoms with Crippen molar-refractivity contribution in [1.29, 1.82) is 5.26 Å². The van der Waals surface area contributed by atoms with Crippen molar-refractivity contribution in [3.05, 3.63) is 35.9 Å². The van der Waals surface area contributed by atoms with Crippen molar-refractivity contribution >= 4 is 5.96 Å². The van der Waals surface area contributed by atoms with Gasteiger partial charge in [0.15, 0.2) is 0 Å². The molecule has 1 aliphatic rings. The molecule has 1 saturated heterocycles. The number of hydrogen-bond donors (Lipinski definition) is 4. The summed E-state index contributed by atoms with van der Waals surface area (Å²) >= 11 is 0. The second kappa shape index (κ2) is 8.06. The van der Waals surface area contributed by atoms with Gasteiger partial charge < -0.3 is 22.1 Å². The Hall–Kier alpha value is -2.10. The molecule has 6 nitrogen and oxygen atoms in total. The normalized spacial score (nSPS) is 17.8. The lowest BCUT2D eigenvalue weighted by molar-refractivity contribution is 0.430. The largest absolute Gasteiger partial charge is 0.369 e. The Kier molecular flexibility index (Phi) is 6.25. The minimum Gasteiger partial charge on any atom is -0.369 e. The topological polar surface area (TPSA) is 112 Å². The van der Waals surface area contributed by atoms with Gasteiger partial charge in [0, 0.05) is 25.7 Å². The summed E-state index contributed by atoms with van der Waals surface area (Å²) in [5, 5.41) is 14.5. The van der Waals surface area contributed by atoms with Crippen LogP contribution in [0.25, 0.3) is 0 Å². The molecule has 1 atom stereocenters. The molecule has 1 fully saturated rings. The number of nitrogens with zero attached hydrogens (tertiary/aromatic N) is 2. The summed E-state index contributed by atoms with van der Waals surface area (Å²) in [6.45, 7) is 3.20. The lowest BCUT2D eigenvalue weighted by Gasteiger charge is -2.24. The van der Waals surface area contributed by atoms with E-state index in [9.17, 15) is 0 Å². The number of benzene rings is 1. The summed E-state index contributed by atoms with van der Waals surface area (Å²) < 4.78 is 0. The Morgan fingerprint density at radius 1 is 1.28 bits per heavy atom. The Balaban J connectivity index is 0.000000232. The molecular weight excluding hydrogens is 228 g/mol. The summed E-state index contributed by atoms with van der Waals surface area (Å²) in [4.78, 5) is 2.90. The van der Waals surface area contributed by atoms with Crippen LogP contribution in [-0.2, 0) is 0 Å². The highest BCUT2D eigenvalue weighted by atomic mass is 15.1. The van der Waals surface area contributed by atoms with Crippen molar-refractivity contribution in [3.63, 3.8) is 0 Å². The van der Waals surface area contributed by atoms with Gasteiger partial charge in [-0.1, -0.05) is 30.3 Å². The molecule has 1 unspecified atom stereocenters. The number of rotatable bonds is 1. The quantitative estimate of drug-likeness (QED) is 0.308. The number of hydrogen-bond acceptors (Lipinski definition) is 4. The van der Waals surface area contributed by atoms with Crippen LogP contribution in [0, 0.1) is 11.5 Å². The maximum absolute atomic E-state index is 7.64. The van der Waals surface area contributed by atoms with E-state index in [-0.39, 0.29) is 5.96 Å². The Morgan fingerprint density at radius 2 is 2.00 bits per heavy atom. The second-order valence-electron chi connectivity index (χ2n) is 3.76. The SMILES string of the molecule is N#CN=C(N)N.c1ccc(C2CNCCN2)cc1. The molecule has 18 heavy (non-hydrogen) atoms. The average molecular weight is 246 g/mol. The van der Waals surface area contributed by atoms with Crippen molar-refractivity contribution < 1.29 is 0 Å². The van der Waals surface area contributed by atoms with Crippen molar-refractivity contribution in [2.24, 2.45) is 16.5 Å². The monoisotopic (exact) mass is 246 g/mol. The van der Waals surface area contributed by atoms with Gasteiger partial charge in [-0.2, -0.15) is 5.26 Å². The van der Waals surface area contributed by atoms with Crippen LogP contribution in [0.3, 0.4) is 0 Å². The molecule has 0 aliphatic carbocycles. The third-order valence-corrected chi connectivity index (χ3v) is 2.42. The molecule has 0 radical (unpaired) electrons. The fourth-order valence-corrected chi connectivity index (χ4v) is 1.63. The van der Waals surface area contributed by atoms with Crippen LogP contribution in [0.1, 0.15) is 11.6 Å². The zero-order valence-corrected chi connectivity index (χ0v) is 10.1. The van der Waals surface area contributed by atoms with Crippen LogP contribution in [0.5, 0.6) is 0 Å². The highest BCUT2D eigenvalue weighted by molar-refractivity contribution is 5.76. The van der Waals surface area contributed by atoms with Gasteiger partial charge in [0.05, 0.1) is 0 Å². The van der Waals surface area contributed by atoms with Crippen molar-refractivity contribution in [2.75, 3.05) is 19.6 Å². The predicted octanol–water partition coefficient (Wildman–Crippen LogP) is -0.339. The fraction of sp³-hybridized carbons (Fsp3) is 0.333. The van der Waals surface area contributed by atoms with E-state index in [4.69, 9.17) is 16.7 Å². The van der Waals surface area contributed by atoms with Gasteiger partial charge >= 0.3 is 0 Å². The van der Waals surface area contributed by atoms with Gasteiger partial charge in [-0.15, -0.1) is 4.99 Å². The van der Waals surface area contributed by atoms with E-state index in [1.165, 1.54) is 11.8 Å². The van der Waals surface area contributed by atoms with Crippen LogP contribution < -0.4 is 22.1 Å². The van der Waals surface area contributed by atoms with E-state index >= 15 is 0 Å². The average Bonchev–Trinajstić information content (AvgIpc) is 2.41. The van der Waals surface area contributed by atoms with Gasteiger partial charge in [-0.05, 0) is 5.56 Å². The first-order chi connectivity index (χ1) is 8.74. The maximum Gasteiger partial charge on any atom is 0.209 e. The first-order valence-electron chi connectivity index (χ1n) is 5.71. The van der Waals surface area contributed by atoms with E-state index in [0.717, 1.165) is 19.6 Å². The van der Waals surface area contributed by atoms with Crippen LogP contribution in [0.15, 0.2) is 35.3 Å². The molecule has 0 saturated carbocycles. The molecule has 1 heterocycles. The van der Waals surface area contributed by atoms with Crippen LogP contribution in [0.4, 0.5) is 0 Å². The smallest absolute Gasteiger partial charge is 0.209 e. The molecule has 0 bridgehead atoms. The molecule has 1 aromatic carbocycles. The lowest BCUT2D eigenvalue weighted by Crippen LogP contribution is -2.42. The van der Waals surface area contributed by atoms with Crippen molar-refractivity contribution in [2.45, 2.75) is 6.04 Å². The van der Waals surface area contributed by atoms with E-state index in [2.05, 4.69) is 46.0 Å². The summed E-state index contributed by atoms with van der Waals surface area (Å²) in [6, 6.07) is 11.1. The number of aliphatic imine (C=N–C) groups is 1. The van der Waals surface area contributed by atoms with Crippen LogP contribution in [-0.4, -0.2) is 25.6 Å². The van der Waals surface area contributed by atoms with Crippen molar-refractivity contribution in [3.8, 4) is 6.19 Å². The highest BCUT2D eigenvalue weighted by Crippen LogP contribution is 2.12. The summed E-state index contributed by atoms with van der Waals surface area (Å²) in [5.74, 6) is -0.197. The predicted molar refractivity (Wildman–Crippen MR) is 71.5 cm³/mol. The number of nitrogens with two attached hydrogens (primary N) is 2. The minimum atomic E-state index is -0.197. The molecular formula is C12H18N6. The van der Waals surface area contributed by atoms with Crippen LogP contribution >= 0.6 is 0 Å². The molecule has 96 valence electrons. The third-order valence-electron chi connectivity index (χ3n) is 2.42. The van der Waals surface area contributed by atoms with Gasteiger partial charge in [-0.25, -0.2) is 0 Å². The van der Waals surface area contributed by atoms with Gasteiger partial charge in [0.1, 0.15) is 0 Å². The minimum absolute atomic E-state index is 0.197. The third kappa shape index (κ3) is 5.30. The van der Waals surface area contributed by atoms with Gasteiger partial charge in [0.2, 0.25) is 12.2 Å². The molecule has 1 aliphatic heterocycles. The van der Waals surface area contributed by atoms with Crippen LogP contribution in [0.2, 0.25) is 0 Å². The molecule has 0 spiro atoms. The Labute approximate surface area is 107 Å². The Morgan fingerprint density at radius 3 is 2.44 bits per heavy atom. The first kappa shape index (κ1) is 14.0. The van der Waals surface area contributed by atoms with E-state index in [1.54, 1.807) is 0 Å². The molecule has 0 aromatic heterocycles. The summed E-state index contributed by atoms with van der Waals surface area (Å²) in [7, 11) is 0. The Bertz CT molecular complexity index is 398. The molecule has 2 rings (SSSR count). The van der Waals surface area contributed by atoms with Gasteiger partial charge in [-0.3, -0.25) is 0 Å². The second-order valence-corrected chi connectivity index (χ2v) is 3.76. The number of nitriles is 1. The highest BCUT2D eigenvalue weighted by Gasteiger charge is 2.12. The lowest BCUT2D eigenvalue weighted by atomic mass is 10.1. The van der Waals surface area contributed by atoms with E-state index < -0.39 is 0 Å². The number of guanidine groups is 1. The molecule has 1 aromatic rings. The molecule has 6 heteroatoms. The zero-order chi connectivity index (χ0) is 13.2. The van der Waals surface area contributed by atoms with E-state index in [1.807, 2.05) is 0 Å². The summed E-state index contributed by atoms with van der Waals surface area (Å²) in [5.41, 5.74) is 10.8. The van der Waals surface area contributed by atoms with E-state index in [0.29, 0.717) is 6.04 Å². The fourth-order valence-electron chi connectivity index (χ4n) is 1.63. The molecule has 0 amide bonds. The number of nitrogens with one attached hydrogen (secondary N) is 2. The first-order valence-corrected chi connectivity index (χ1v) is 5.71.